The second-order valence-electron chi connectivity index (χ2n) is 9.26. The summed E-state index contributed by atoms with van der Waals surface area (Å²) in [6.45, 7) is 4.82. The first-order chi connectivity index (χ1) is 16.2. The highest BCUT2D eigenvalue weighted by Gasteiger charge is 2.20. The number of fused-ring (bicyclic) bond motifs is 2. The van der Waals surface area contributed by atoms with Crippen LogP contribution in [-0.2, 0) is 11.3 Å². The zero-order chi connectivity index (χ0) is 22.2. The highest BCUT2D eigenvalue weighted by Crippen LogP contribution is 2.34. The predicted molar refractivity (Wildman–Crippen MR) is 130 cm³/mol. The molecule has 0 unspecified atom stereocenters. The lowest BCUT2D eigenvalue weighted by Crippen LogP contribution is -2.39. The number of nitrogens with one attached hydrogen (secondary N) is 1. The molecule has 170 valence electrons. The summed E-state index contributed by atoms with van der Waals surface area (Å²) in [5.41, 5.74) is 4.91. The molecule has 2 aliphatic rings. The molecule has 1 saturated carbocycles. The number of morpholine rings is 1. The number of nitrogens with zero attached hydrogens (tertiary/aromatic N) is 4. The monoisotopic (exact) mass is 443 g/mol. The Hall–Kier alpha value is -3.03. The van der Waals surface area contributed by atoms with Crippen molar-refractivity contribution in [2.45, 2.75) is 38.1 Å². The molecule has 7 nitrogen and oxygen atoms in total. The van der Waals surface area contributed by atoms with E-state index in [1.165, 1.54) is 25.7 Å². The van der Waals surface area contributed by atoms with Crippen LogP contribution in [0.15, 0.2) is 47.5 Å². The molecule has 33 heavy (non-hydrogen) atoms. The third kappa shape index (κ3) is 4.07. The van der Waals surface area contributed by atoms with Crippen molar-refractivity contribution in [3.05, 3.63) is 58.9 Å². The van der Waals surface area contributed by atoms with E-state index < -0.39 is 0 Å². The van der Waals surface area contributed by atoms with E-state index in [9.17, 15) is 4.79 Å². The lowest BCUT2D eigenvalue weighted by atomic mass is 10.0. The summed E-state index contributed by atoms with van der Waals surface area (Å²) in [4.78, 5) is 28.5. The Labute approximate surface area is 192 Å². The van der Waals surface area contributed by atoms with Crippen molar-refractivity contribution >= 4 is 21.9 Å². The van der Waals surface area contributed by atoms with Gasteiger partial charge in [-0.2, -0.15) is 0 Å². The second-order valence-corrected chi connectivity index (χ2v) is 9.26. The highest BCUT2D eigenvalue weighted by molar-refractivity contribution is 5.87. The number of rotatable bonds is 5. The van der Waals surface area contributed by atoms with Crippen molar-refractivity contribution in [2.24, 2.45) is 0 Å². The minimum Gasteiger partial charge on any atom is -0.379 e. The van der Waals surface area contributed by atoms with E-state index in [1.54, 1.807) is 10.9 Å². The quantitative estimate of drug-likeness (QED) is 0.506. The highest BCUT2D eigenvalue weighted by atomic mass is 16.5. The molecule has 1 aliphatic heterocycles. The molecular weight excluding hydrogens is 414 g/mol. The van der Waals surface area contributed by atoms with E-state index in [2.05, 4.69) is 33.1 Å². The average Bonchev–Trinajstić information content (AvgIpc) is 3.54. The van der Waals surface area contributed by atoms with Gasteiger partial charge in [-0.05, 0) is 48.2 Å². The standard InChI is InChI=1S/C26H29N5O2/c32-26-21-15-19(5-7-22(21)27-17-31(26)10-9-30-11-13-33-14-12-30)20-6-8-23-24(16-20)29-25(28-23)18-3-1-2-4-18/h5-8,15-18H,1-4,9-14H2,(H,28,29). The summed E-state index contributed by atoms with van der Waals surface area (Å²) >= 11 is 0. The van der Waals surface area contributed by atoms with Gasteiger partial charge in [0, 0.05) is 32.1 Å². The third-order valence-corrected chi connectivity index (χ3v) is 7.16. The smallest absolute Gasteiger partial charge is 0.261 e. The second kappa shape index (κ2) is 8.72. The lowest BCUT2D eigenvalue weighted by molar-refractivity contribution is 0.0362. The summed E-state index contributed by atoms with van der Waals surface area (Å²) in [6, 6.07) is 12.3. The van der Waals surface area contributed by atoms with Gasteiger partial charge < -0.3 is 9.72 Å². The van der Waals surface area contributed by atoms with Gasteiger partial charge in [-0.3, -0.25) is 14.3 Å². The molecule has 7 heteroatoms. The molecule has 1 saturated heterocycles. The zero-order valence-corrected chi connectivity index (χ0v) is 18.8. The molecule has 6 rings (SSSR count). The molecule has 3 heterocycles. The largest absolute Gasteiger partial charge is 0.379 e. The zero-order valence-electron chi connectivity index (χ0n) is 18.8. The first-order valence-corrected chi connectivity index (χ1v) is 12.0. The predicted octanol–water partition coefficient (Wildman–Crippen LogP) is 3.93. The van der Waals surface area contributed by atoms with E-state index in [-0.39, 0.29) is 5.56 Å². The van der Waals surface area contributed by atoms with E-state index in [0.717, 1.165) is 66.3 Å². The number of H-pyrrole nitrogens is 1. The van der Waals surface area contributed by atoms with Crippen molar-refractivity contribution in [1.82, 2.24) is 24.4 Å². The van der Waals surface area contributed by atoms with E-state index in [1.807, 2.05) is 18.2 Å². The minimum atomic E-state index is 0.0150. The number of imidazole rings is 1. The molecule has 0 atom stereocenters. The summed E-state index contributed by atoms with van der Waals surface area (Å²) in [6.07, 6.45) is 6.71. The summed E-state index contributed by atoms with van der Waals surface area (Å²) in [7, 11) is 0. The lowest BCUT2D eigenvalue weighted by Gasteiger charge is -2.26. The molecule has 4 aromatic rings. The fraction of sp³-hybridized carbons (Fsp3) is 0.423. The van der Waals surface area contributed by atoms with Gasteiger partial charge in [0.25, 0.3) is 5.56 Å². The van der Waals surface area contributed by atoms with Gasteiger partial charge in [0.05, 0.1) is 41.5 Å². The molecule has 2 aromatic carbocycles. The van der Waals surface area contributed by atoms with Crippen molar-refractivity contribution in [3.63, 3.8) is 0 Å². The number of aromatic amines is 1. The molecular formula is C26H29N5O2. The summed E-state index contributed by atoms with van der Waals surface area (Å²) in [5, 5.41) is 0.660. The van der Waals surface area contributed by atoms with Crippen molar-refractivity contribution in [3.8, 4) is 11.1 Å². The van der Waals surface area contributed by atoms with Crippen LogP contribution in [0.1, 0.15) is 37.4 Å². The van der Waals surface area contributed by atoms with Crippen molar-refractivity contribution in [2.75, 3.05) is 32.8 Å². The van der Waals surface area contributed by atoms with E-state index >= 15 is 0 Å². The van der Waals surface area contributed by atoms with Crippen LogP contribution < -0.4 is 5.56 Å². The van der Waals surface area contributed by atoms with E-state index in [4.69, 9.17) is 9.72 Å². The van der Waals surface area contributed by atoms with Gasteiger partial charge in [-0.25, -0.2) is 9.97 Å². The molecule has 2 aromatic heterocycles. The Balaban J connectivity index is 1.29. The average molecular weight is 444 g/mol. The summed E-state index contributed by atoms with van der Waals surface area (Å²) in [5.74, 6) is 1.68. The van der Waals surface area contributed by atoms with Crippen LogP contribution in [0.25, 0.3) is 33.1 Å². The Morgan fingerprint density at radius 2 is 1.73 bits per heavy atom. The van der Waals surface area contributed by atoms with Gasteiger partial charge in [0.2, 0.25) is 0 Å². The van der Waals surface area contributed by atoms with Crippen molar-refractivity contribution in [1.29, 1.82) is 0 Å². The Bertz CT molecular complexity index is 1350. The number of benzene rings is 2. The van der Waals surface area contributed by atoms with Crippen LogP contribution in [0.4, 0.5) is 0 Å². The number of hydrogen-bond donors (Lipinski definition) is 1. The summed E-state index contributed by atoms with van der Waals surface area (Å²) < 4.78 is 7.14. The first kappa shape index (κ1) is 20.6. The maximum atomic E-state index is 13.2. The molecule has 0 radical (unpaired) electrons. The van der Waals surface area contributed by atoms with Crippen LogP contribution in [-0.4, -0.2) is 57.3 Å². The fourth-order valence-corrected chi connectivity index (χ4v) is 5.17. The van der Waals surface area contributed by atoms with Crippen LogP contribution in [0.3, 0.4) is 0 Å². The maximum absolute atomic E-state index is 13.2. The molecule has 1 aliphatic carbocycles. The molecule has 1 N–H and O–H groups in total. The first-order valence-electron chi connectivity index (χ1n) is 12.0. The Morgan fingerprint density at radius 3 is 2.55 bits per heavy atom. The van der Waals surface area contributed by atoms with Crippen molar-refractivity contribution < 1.29 is 4.74 Å². The van der Waals surface area contributed by atoms with Crippen LogP contribution in [0.2, 0.25) is 0 Å². The van der Waals surface area contributed by atoms with Crippen LogP contribution in [0, 0.1) is 0 Å². The van der Waals surface area contributed by atoms with Gasteiger partial charge in [-0.15, -0.1) is 0 Å². The normalized spacial score (nSPS) is 17.9. The van der Waals surface area contributed by atoms with Crippen LogP contribution >= 0.6 is 0 Å². The number of hydrogen-bond acceptors (Lipinski definition) is 5. The molecule has 0 spiro atoms. The third-order valence-electron chi connectivity index (χ3n) is 7.16. The number of ether oxygens (including phenoxy) is 1. The van der Waals surface area contributed by atoms with Gasteiger partial charge >= 0.3 is 0 Å². The van der Waals surface area contributed by atoms with Gasteiger partial charge in [0.15, 0.2) is 0 Å². The molecule has 0 bridgehead atoms. The Morgan fingerprint density at radius 1 is 0.970 bits per heavy atom. The molecule has 2 fully saturated rings. The Kier molecular flexibility index (Phi) is 5.44. The fourth-order valence-electron chi connectivity index (χ4n) is 5.17. The minimum absolute atomic E-state index is 0.0150. The van der Waals surface area contributed by atoms with Crippen LogP contribution in [0.5, 0.6) is 0 Å². The van der Waals surface area contributed by atoms with Gasteiger partial charge in [-0.1, -0.05) is 25.0 Å². The van der Waals surface area contributed by atoms with E-state index in [0.29, 0.717) is 17.8 Å². The SMILES string of the molecule is O=c1c2cc(-c3ccc4nc(C5CCCC5)[nH]c4c3)ccc2ncn1CCN1CCOCC1. The maximum Gasteiger partial charge on any atom is 0.261 e. The van der Waals surface area contributed by atoms with Gasteiger partial charge in [0.1, 0.15) is 5.82 Å². The molecule has 0 amide bonds. The topological polar surface area (TPSA) is 76.0 Å². The number of aromatic nitrogens is 4.